The topological polar surface area (TPSA) is 48.5 Å². The van der Waals surface area contributed by atoms with E-state index in [1.165, 1.54) is 29.0 Å². The molecule has 1 aliphatic rings. The number of amides is 1. The van der Waals surface area contributed by atoms with Crippen LogP contribution in [-0.2, 0) is 4.79 Å². The molecule has 1 unspecified atom stereocenters. The molecule has 0 radical (unpaired) electrons. The Labute approximate surface area is 161 Å². The van der Waals surface area contributed by atoms with E-state index in [0.29, 0.717) is 17.2 Å². The van der Waals surface area contributed by atoms with E-state index in [4.69, 9.17) is 0 Å². The van der Waals surface area contributed by atoms with Crippen molar-refractivity contribution in [2.75, 3.05) is 38.5 Å². The van der Waals surface area contributed by atoms with Crippen molar-refractivity contribution in [3.8, 4) is 0 Å². The van der Waals surface area contributed by atoms with Crippen LogP contribution >= 0.6 is 11.3 Å². The minimum atomic E-state index is -0.299. The average Bonchev–Trinajstić information content (AvgIpc) is 3.05. The maximum atomic E-state index is 13.3. The lowest BCUT2D eigenvalue weighted by atomic mass is 10.0. The fourth-order valence-corrected chi connectivity index (χ4v) is 4.34. The van der Waals surface area contributed by atoms with Crippen molar-refractivity contribution < 1.29 is 9.18 Å². The van der Waals surface area contributed by atoms with Crippen LogP contribution in [0.5, 0.6) is 0 Å². The van der Waals surface area contributed by atoms with Gasteiger partial charge in [-0.1, -0.05) is 41.7 Å². The van der Waals surface area contributed by atoms with E-state index in [0.717, 1.165) is 24.3 Å². The number of hydrogen-bond acceptors (Lipinski definition) is 5. The van der Waals surface area contributed by atoms with Gasteiger partial charge >= 0.3 is 0 Å². The van der Waals surface area contributed by atoms with Crippen LogP contribution in [0.4, 0.5) is 9.52 Å². The number of likely N-dealkylation sites (N-methyl/N-ethyl adjacent to an activating group) is 1. The predicted molar refractivity (Wildman–Crippen MR) is 106 cm³/mol. The summed E-state index contributed by atoms with van der Waals surface area (Å²) in [5.41, 5.74) is 1.91. The number of benzene rings is 2. The fraction of sp³-hybridized carbons (Fsp3) is 0.300. The summed E-state index contributed by atoms with van der Waals surface area (Å²) in [6.07, 6.45) is 0. The summed E-state index contributed by atoms with van der Waals surface area (Å²) in [5.74, 6) is -0.396. The highest BCUT2D eigenvalue weighted by molar-refractivity contribution is 7.22. The molecule has 7 heteroatoms. The number of piperazine rings is 1. The van der Waals surface area contributed by atoms with E-state index in [2.05, 4.69) is 39.3 Å². The molecule has 2 heterocycles. The second-order valence-corrected chi connectivity index (χ2v) is 7.87. The van der Waals surface area contributed by atoms with Crippen molar-refractivity contribution in [3.63, 3.8) is 0 Å². The second kappa shape index (κ2) is 7.72. The molecule has 0 bridgehead atoms. The molecule has 3 aromatic rings. The summed E-state index contributed by atoms with van der Waals surface area (Å²) in [7, 11) is 2.10. The number of carbonyl (C=O) groups is 1. The number of rotatable bonds is 4. The Balaban J connectivity index is 1.46. The normalized spacial score (nSPS) is 18.7. The minimum Gasteiger partial charge on any atom is -0.303 e. The number of nitrogens with one attached hydrogen (secondary N) is 1. The number of anilines is 1. The molecule has 0 spiro atoms. The first-order valence-corrected chi connectivity index (χ1v) is 9.73. The number of aromatic nitrogens is 1. The molecule has 1 aromatic heterocycles. The highest BCUT2D eigenvalue weighted by Crippen LogP contribution is 2.27. The van der Waals surface area contributed by atoms with Gasteiger partial charge < -0.3 is 10.2 Å². The van der Waals surface area contributed by atoms with Crippen LogP contribution < -0.4 is 5.32 Å². The molecule has 1 aliphatic heterocycles. The highest BCUT2D eigenvalue weighted by atomic mass is 32.1. The highest BCUT2D eigenvalue weighted by Gasteiger charge is 2.28. The molecule has 2 aromatic carbocycles. The van der Waals surface area contributed by atoms with Crippen LogP contribution in [-0.4, -0.2) is 53.9 Å². The van der Waals surface area contributed by atoms with Crippen molar-refractivity contribution in [2.45, 2.75) is 6.04 Å². The Kier molecular flexibility index (Phi) is 5.15. The van der Waals surface area contributed by atoms with Gasteiger partial charge in [0.1, 0.15) is 5.82 Å². The molecule has 0 saturated carbocycles. The molecule has 1 saturated heterocycles. The molecule has 27 heavy (non-hydrogen) atoms. The van der Waals surface area contributed by atoms with Gasteiger partial charge in [-0.05, 0) is 30.8 Å². The molecular weight excluding hydrogens is 363 g/mol. The lowest BCUT2D eigenvalue weighted by molar-refractivity contribution is -0.118. The lowest BCUT2D eigenvalue weighted by Gasteiger charge is -2.39. The van der Waals surface area contributed by atoms with Gasteiger partial charge in [-0.2, -0.15) is 0 Å². The number of carbonyl (C=O) groups excluding carboxylic acids is 1. The summed E-state index contributed by atoms with van der Waals surface area (Å²) < 4.78 is 14.1. The van der Waals surface area contributed by atoms with Crippen LogP contribution in [0, 0.1) is 5.82 Å². The molecule has 1 amide bonds. The van der Waals surface area contributed by atoms with E-state index in [1.807, 2.05) is 18.2 Å². The first-order chi connectivity index (χ1) is 13.1. The van der Waals surface area contributed by atoms with E-state index in [-0.39, 0.29) is 17.8 Å². The number of halogens is 1. The van der Waals surface area contributed by atoms with Crippen molar-refractivity contribution in [1.29, 1.82) is 0 Å². The van der Waals surface area contributed by atoms with Gasteiger partial charge in [-0.3, -0.25) is 9.69 Å². The number of hydrogen-bond donors (Lipinski definition) is 1. The van der Waals surface area contributed by atoms with E-state index < -0.39 is 0 Å². The van der Waals surface area contributed by atoms with Gasteiger partial charge in [0.25, 0.3) is 0 Å². The standard InChI is InChI=1S/C20H21FN4OS/c1-24-9-10-25(17(12-24)14-5-3-2-4-6-14)13-19(26)23-20-22-16-8-7-15(21)11-18(16)27-20/h2-8,11,17H,9-10,12-13H2,1H3,(H,22,23,26). The molecule has 4 rings (SSSR count). The van der Waals surface area contributed by atoms with Crippen LogP contribution in [0.25, 0.3) is 10.2 Å². The Morgan fingerprint density at radius 3 is 2.89 bits per heavy atom. The zero-order chi connectivity index (χ0) is 18.8. The van der Waals surface area contributed by atoms with Crippen LogP contribution in [0.3, 0.4) is 0 Å². The second-order valence-electron chi connectivity index (χ2n) is 6.84. The third-order valence-corrected chi connectivity index (χ3v) is 5.76. The molecule has 140 valence electrons. The summed E-state index contributed by atoms with van der Waals surface area (Å²) >= 11 is 1.29. The fourth-order valence-electron chi connectivity index (χ4n) is 3.43. The van der Waals surface area contributed by atoms with Gasteiger partial charge in [0.05, 0.1) is 16.8 Å². The molecule has 5 nitrogen and oxygen atoms in total. The summed E-state index contributed by atoms with van der Waals surface area (Å²) in [5, 5.41) is 3.38. The minimum absolute atomic E-state index is 0.0972. The van der Waals surface area contributed by atoms with Crippen molar-refractivity contribution in [1.82, 2.24) is 14.8 Å². The summed E-state index contributed by atoms with van der Waals surface area (Å²) in [6, 6.07) is 14.9. The third-order valence-electron chi connectivity index (χ3n) is 4.82. The van der Waals surface area contributed by atoms with E-state index >= 15 is 0 Å². The van der Waals surface area contributed by atoms with Gasteiger partial charge in [-0.15, -0.1) is 0 Å². The largest absolute Gasteiger partial charge is 0.303 e. The number of thiazole rings is 1. The Morgan fingerprint density at radius 2 is 2.07 bits per heavy atom. The monoisotopic (exact) mass is 384 g/mol. The van der Waals surface area contributed by atoms with Gasteiger partial charge in [0, 0.05) is 25.7 Å². The summed E-state index contributed by atoms with van der Waals surface area (Å²) in [4.78, 5) is 21.5. The molecule has 1 fully saturated rings. The Hall–Kier alpha value is -2.35. The Bertz CT molecular complexity index is 946. The molecule has 0 aliphatic carbocycles. The number of fused-ring (bicyclic) bond motifs is 1. The van der Waals surface area contributed by atoms with Gasteiger partial charge in [0.15, 0.2) is 5.13 Å². The van der Waals surface area contributed by atoms with Crippen LogP contribution in [0.2, 0.25) is 0 Å². The van der Waals surface area contributed by atoms with Crippen LogP contribution in [0.15, 0.2) is 48.5 Å². The van der Waals surface area contributed by atoms with Crippen LogP contribution in [0.1, 0.15) is 11.6 Å². The zero-order valence-electron chi connectivity index (χ0n) is 15.1. The molecule has 1 N–H and O–H groups in total. The maximum Gasteiger partial charge on any atom is 0.240 e. The lowest BCUT2D eigenvalue weighted by Crippen LogP contribution is -2.49. The first-order valence-electron chi connectivity index (χ1n) is 8.92. The van der Waals surface area contributed by atoms with E-state index in [9.17, 15) is 9.18 Å². The van der Waals surface area contributed by atoms with Crippen molar-refractivity contribution in [3.05, 3.63) is 59.9 Å². The van der Waals surface area contributed by atoms with E-state index in [1.54, 1.807) is 6.07 Å². The quantitative estimate of drug-likeness (QED) is 0.749. The molecular formula is C20H21FN4OS. The average molecular weight is 384 g/mol. The SMILES string of the molecule is CN1CCN(CC(=O)Nc2nc3ccc(F)cc3s2)C(c2ccccc2)C1. The Morgan fingerprint density at radius 1 is 1.26 bits per heavy atom. The first kappa shape index (κ1) is 18.0. The van der Waals surface area contributed by atoms with Gasteiger partial charge in [0.2, 0.25) is 5.91 Å². The molecule has 1 atom stereocenters. The third kappa shape index (κ3) is 4.16. The predicted octanol–water partition coefficient (Wildman–Crippen LogP) is 3.36. The van der Waals surface area contributed by atoms with Gasteiger partial charge in [-0.25, -0.2) is 9.37 Å². The summed E-state index contributed by atoms with van der Waals surface area (Å²) in [6.45, 7) is 2.95. The smallest absolute Gasteiger partial charge is 0.240 e. The van der Waals surface area contributed by atoms with Crippen molar-refractivity contribution in [2.24, 2.45) is 0 Å². The van der Waals surface area contributed by atoms with Crippen molar-refractivity contribution >= 4 is 32.6 Å². The zero-order valence-corrected chi connectivity index (χ0v) is 15.9. The maximum absolute atomic E-state index is 13.3. The number of nitrogens with zero attached hydrogens (tertiary/aromatic N) is 3.